The molecule has 9 nitrogen and oxygen atoms in total. The number of furan rings is 1. The Labute approximate surface area is 150 Å². The third-order valence-corrected chi connectivity index (χ3v) is 4.91. The minimum atomic E-state index is -3.86. The Kier molecular flexibility index (Phi) is 5.68. The molecule has 3 N–H and O–H groups in total. The predicted molar refractivity (Wildman–Crippen MR) is 90.5 cm³/mol. The fourth-order valence-corrected chi connectivity index (χ4v) is 2.92. The molecule has 140 valence electrons. The molecule has 2 aromatic rings. The number of carbonyl (C=O) groups excluding carboxylic acids is 1. The van der Waals surface area contributed by atoms with E-state index in [0.717, 1.165) is 6.07 Å². The number of aryl methyl sites for hydroxylation is 1. The first kappa shape index (κ1) is 19.5. The molecule has 0 saturated heterocycles. The minimum Gasteiger partial charge on any atom is -0.497 e. The first-order valence-electron chi connectivity index (χ1n) is 7.41. The maximum atomic E-state index is 12.4. The first-order chi connectivity index (χ1) is 12.2. The molecule has 0 saturated carbocycles. The van der Waals surface area contributed by atoms with Gasteiger partial charge in [-0.1, -0.05) is 12.1 Å². The predicted octanol–water partition coefficient (Wildman–Crippen LogP) is 1.06. The largest absolute Gasteiger partial charge is 0.497 e. The lowest BCUT2D eigenvalue weighted by Crippen LogP contribution is -2.33. The van der Waals surface area contributed by atoms with Crippen LogP contribution in [0.15, 0.2) is 39.8 Å². The molecule has 1 amide bonds. The lowest BCUT2D eigenvalue weighted by Gasteiger charge is -2.15. The fourth-order valence-electron chi connectivity index (χ4n) is 2.21. The van der Waals surface area contributed by atoms with Crippen LogP contribution in [0.4, 0.5) is 0 Å². The monoisotopic (exact) mass is 382 g/mol. The Hall–Kier alpha value is -2.85. The van der Waals surface area contributed by atoms with E-state index in [2.05, 4.69) is 10.0 Å². The van der Waals surface area contributed by atoms with Crippen LogP contribution >= 0.6 is 0 Å². The van der Waals surface area contributed by atoms with Crippen LogP contribution < -0.4 is 14.8 Å². The quantitative estimate of drug-likeness (QED) is 0.651. The van der Waals surface area contributed by atoms with Gasteiger partial charge in [-0.15, -0.1) is 0 Å². The Balaban J connectivity index is 2.29. The summed E-state index contributed by atoms with van der Waals surface area (Å²) in [5, 5.41) is 11.3. The molecule has 10 heteroatoms. The molecule has 1 atom stereocenters. The highest BCUT2D eigenvalue weighted by Crippen LogP contribution is 2.22. The molecule has 1 aromatic heterocycles. The van der Waals surface area contributed by atoms with Crippen molar-refractivity contribution in [2.24, 2.45) is 0 Å². The van der Waals surface area contributed by atoms with Gasteiger partial charge in [-0.2, -0.15) is 0 Å². The van der Waals surface area contributed by atoms with Gasteiger partial charge in [-0.25, -0.2) is 17.9 Å². The topological polar surface area (TPSA) is 135 Å². The number of carboxylic acid groups (broad SMARTS) is 1. The molecule has 1 heterocycles. The second kappa shape index (κ2) is 7.58. The second-order valence-electron chi connectivity index (χ2n) is 5.26. The maximum Gasteiger partial charge on any atom is 0.330 e. The van der Waals surface area contributed by atoms with E-state index in [-0.39, 0.29) is 11.3 Å². The molecule has 0 spiro atoms. The number of benzene rings is 1. The molecule has 0 fully saturated rings. The van der Waals surface area contributed by atoms with Gasteiger partial charge >= 0.3 is 5.97 Å². The van der Waals surface area contributed by atoms with Gasteiger partial charge in [0.15, 0.2) is 6.04 Å². The third kappa shape index (κ3) is 4.03. The zero-order valence-electron chi connectivity index (χ0n) is 14.3. The lowest BCUT2D eigenvalue weighted by molar-refractivity contribution is -0.139. The first-order valence-corrected chi connectivity index (χ1v) is 8.89. The van der Waals surface area contributed by atoms with E-state index in [1.807, 2.05) is 0 Å². The Morgan fingerprint density at radius 3 is 2.35 bits per heavy atom. The number of ether oxygens (including phenoxy) is 1. The summed E-state index contributed by atoms with van der Waals surface area (Å²) in [5.74, 6) is -1.45. The smallest absolute Gasteiger partial charge is 0.330 e. The normalized spacial score (nSPS) is 12.4. The van der Waals surface area contributed by atoms with Gasteiger partial charge in [0.25, 0.3) is 15.9 Å². The molecule has 26 heavy (non-hydrogen) atoms. The summed E-state index contributed by atoms with van der Waals surface area (Å²) >= 11 is 0. The fraction of sp³-hybridized carbons (Fsp3) is 0.250. The molecule has 0 bridgehead atoms. The van der Waals surface area contributed by atoms with Crippen molar-refractivity contribution >= 4 is 21.9 Å². The molecule has 1 aromatic carbocycles. The van der Waals surface area contributed by atoms with Crippen LogP contribution in [0.25, 0.3) is 0 Å². The van der Waals surface area contributed by atoms with E-state index in [0.29, 0.717) is 11.3 Å². The Morgan fingerprint density at radius 1 is 1.23 bits per heavy atom. The van der Waals surface area contributed by atoms with E-state index >= 15 is 0 Å². The number of carbonyl (C=O) groups is 2. The van der Waals surface area contributed by atoms with Crippen LogP contribution in [-0.4, -0.2) is 39.6 Å². The second-order valence-corrected chi connectivity index (χ2v) is 7.08. The van der Waals surface area contributed by atoms with Gasteiger partial charge in [0.2, 0.25) is 5.09 Å². The van der Waals surface area contributed by atoms with Gasteiger partial charge in [-0.05, 0) is 31.7 Å². The number of aliphatic carboxylic acids is 1. The van der Waals surface area contributed by atoms with Gasteiger partial charge in [0.05, 0.1) is 12.7 Å². The summed E-state index contributed by atoms with van der Waals surface area (Å²) in [5.41, 5.74) is 0.259. The molecular weight excluding hydrogens is 364 g/mol. The Bertz CT molecular complexity index is 917. The number of methoxy groups -OCH3 is 1. The average Bonchev–Trinajstić information content (AvgIpc) is 3.02. The number of nitrogens with one attached hydrogen (secondary N) is 2. The van der Waals surface area contributed by atoms with E-state index in [9.17, 15) is 23.1 Å². The molecule has 1 unspecified atom stereocenters. The van der Waals surface area contributed by atoms with Crippen molar-refractivity contribution in [3.8, 4) is 5.75 Å². The van der Waals surface area contributed by atoms with E-state index in [1.54, 1.807) is 12.1 Å². The van der Waals surface area contributed by atoms with E-state index < -0.39 is 33.0 Å². The van der Waals surface area contributed by atoms with Crippen molar-refractivity contribution in [1.29, 1.82) is 0 Å². The maximum absolute atomic E-state index is 12.4. The summed E-state index contributed by atoms with van der Waals surface area (Å²) in [6.07, 6.45) is 0. The summed E-state index contributed by atoms with van der Waals surface area (Å²) in [6, 6.07) is 5.88. The van der Waals surface area contributed by atoms with Gasteiger partial charge in [0.1, 0.15) is 11.5 Å². The lowest BCUT2D eigenvalue weighted by atomic mass is 10.1. The van der Waals surface area contributed by atoms with E-state index in [4.69, 9.17) is 9.15 Å². The standard InChI is InChI=1S/C16H18N2O7S/c1-9-12(8-13(25-9)26(22,23)17-2)15(19)18-14(16(20)21)10-4-6-11(24-3)7-5-10/h4-8,14,17H,1-3H3,(H,18,19)(H,20,21). The van der Waals surface area contributed by atoms with Crippen LogP contribution in [0, 0.1) is 6.92 Å². The van der Waals surface area contributed by atoms with Crippen LogP contribution in [0.1, 0.15) is 27.7 Å². The molecule has 0 aliphatic carbocycles. The molecule has 2 rings (SSSR count). The third-order valence-electron chi connectivity index (χ3n) is 3.64. The summed E-state index contributed by atoms with van der Waals surface area (Å²) < 4.78 is 35.7. The zero-order chi connectivity index (χ0) is 19.5. The molecular formula is C16H18N2O7S. The highest BCUT2D eigenvalue weighted by Gasteiger charge is 2.27. The van der Waals surface area contributed by atoms with Crippen molar-refractivity contribution in [3.05, 3.63) is 47.2 Å². The van der Waals surface area contributed by atoms with Crippen molar-refractivity contribution in [1.82, 2.24) is 10.0 Å². The average molecular weight is 382 g/mol. The number of sulfonamides is 1. The van der Waals surface area contributed by atoms with Gasteiger partial charge in [-0.3, -0.25) is 4.79 Å². The number of rotatable bonds is 7. The van der Waals surface area contributed by atoms with E-state index in [1.165, 1.54) is 33.2 Å². The summed E-state index contributed by atoms with van der Waals surface area (Å²) in [4.78, 5) is 24.0. The SMILES string of the molecule is CNS(=O)(=O)c1cc(C(=O)NC(C(=O)O)c2ccc(OC)cc2)c(C)o1. The molecule has 0 aliphatic rings. The van der Waals surface area contributed by atoms with Crippen LogP contribution in [-0.2, 0) is 14.8 Å². The van der Waals surface area contributed by atoms with Crippen LogP contribution in [0.2, 0.25) is 0 Å². The number of hydrogen-bond acceptors (Lipinski definition) is 6. The van der Waals surface area contributed by atoms with Crippen LogP contribution in [0.3, 0.4) is 0 Å². The number of amides is 1. The highest BCUT2D eigenvalue weighted by atomic mass is 32.2. The number of hydrogen-bond donors (Lipinski definition) is 3. The van der Waals surface area contributed by atoms with Gasteiger partial charge < -0.3 is 19.6 Å². The zero-order valence-corrected chi connectivity index (χ0v) is 15.1. The Morgan fingerprint density at radius 2 is 1.85 bits per heavy atom. The van der Waals surface area contributed by atoms with Crippen molar-refractivity contribution in [2.45, 2.75) is 18.1 Å². The van der Waals surface area contributed by atoms with Crippen molar-refractivity contribution in [2.75, 3.05) is 14.2 Å². The summed E-state index contributed by atoms with van der Waals surface area (Å²) in [6.45, 7) is 1.41. The summed E-state index contributed by atoms with van der Waals surface area (Å²) in [7, 11) is -1.18. The van der Waals surface area contributed by atoms with Crippen LogP contribution in [0.5, 0.6) is 5.75 Å². The molecule has 0 aliphatic heterocycles. The van der Waals surface area contributed by atoms with Crippen molar-refractivity contribution in [3.63, 3.8) is 0 Å². The molecule has 0 radical (unpaired) electrons. The minimum absolute atomic E-state index is 0.0511. The highest BCUT2D eigenvalue weighted by molar-refractivity contribution is 7.89. The van der Waals surface area contributed by atoms with Gasteiger partial charge in [0, 0.05) is 6.07 Å². The van der Waals surface area contributed by atoms with Crippen molar-refractivity contribution < 1.29 is 32.3 Å². The number of carboxylic acids is 1.